The molecule has 0 aliphatic rings. The summed E-state index contributed by atoms with van der Waals surface area (Å²) < 4.78 is 0. The van der Waals surface area contributed by atoms with Crippen LogP contribution in [0.1, 0.15) is 0 Å². The predicted molar refractivity (Wildman–Crippen MR) is 41.9 cm³/mol. The minimum Gasteiger partial charge on any atom is -0.477 e. The van der Waals surface area contributed by atoms with E-state index in [1.165, 1.54) is 0 Å². The quantitative estimate of drug-likeness (QED) is 0.401. The second-order valence-corrected chi connectivity index (χ2v) is 1.66. The molecule has 0 aliphatic heterocycles. The van der Waals surface area contributed by atoms with Gasteiger partial charge in [-0.15, -0.1) is 0 Å². The summed E-state index contributed by atoms with van der Waals surface area (Å²) in [4.78, 5) is 18.9. The Labute approximate surface area is 68.8 Å². The number of hydrogen-bond donors (Lipinski definition) is 4. The van der Waals surface area contributed by atoms with Crippen molar-refractivity contribution in [1.82, 2.24) is 0 Å². The van der Waals surface area contributed by atoms with Gasteiger partial charge in [-0.3, -0.25) is 0 Å². The molecule has 0 rings (SSSR count). The summed E-state index contributed by atoms with van der Waals surface area (Å²) in [5, 5.41) is 15.5. The number of nitrogens with two attached hydrogens (primary N) is 2. The Bertz CT molecular complexity index is 174. The molecule has 0 aromatic rings. The van der Waals surface area contributed by atoms with E-state index in [2.05, 4.69) is 24.6 Å². The summed E-state index contributed by atoms with van der Waals surface area (Å²) in [6, 6.07) is 0. The van der Waals surface area contributed by atoms with Gasteiger partial charge < -0.3 is 21.7 Å². The molecule has 0 saturated carbocycles. The molecule has 68 valence electrons. The number of carboxylic acid groups (broad SMARTS) is 2. The number of aliphatic carboxylic acids is 2. The number of carbonyl (C=O) groups is 2. The molecule has 0 spiro atoms. The van der Waals surface area contributed by atoms with Gasteiger partial charge in [0.25, 0.3) is 0 Å². The lowest BCUT2D eigenvalue weighted by Crippen LogP contribution is -2.06. The molecule has 0 aromatic heterocycles. The lowest BCUT2D eigenvalue weighted by atomic mass is 10.5. The van der Waals surface area contributed by atoms with Crippen LogP contribution in [-0.4, -0.2) is 22.2 Å². The second-order valence-electron chi connectivity index (χ2n) is 1.66. The van der Waals surface area contributed by atoms with Gasteiger partial charge in [-0.1, -0.05) is 13.2 Å². The molecule has 6 nitrogen and oxygen atoms in total. The second kappa shape index (κ2) is 5.78. The van der Waals surface area contributed by atoms with Crippen LogP contribution in [0.4, 0.5) is 0 Å². The molecule has 0 bridgehead atoms. The highest BCUT2D eigenvalue weighted by atomic mass is 16.4. The lowest BCUT2D eigenvalue weighted by Gasteiger charge is -1.81. The molecule has 0 radical (unpaired) electrons. The first kappa shape index (κ1) is 12.7. The molecule has 0 unspecified atom stereocenters. The van der Waals surface area contributed by atoms with Gasteiger partial charge in [-0.25, -0.2) is 9.59 Å². The highest BCUT2D eigenvalue weighted by Gasteiger charge is 1.91. The van der Waals surface area contributed by atoms with Crippen molar-refractivity contribution in [3.8, 4) is 0 Å². The summed E-state index contributed by atoms with van der Waals surface area (Å²) in [6.07, 6.45) is 0. The van der Waals surface area contributed by atoms with Gasteiger partial charge in [0.15, 0.2) is 0 Å². The van der Waals surface area contributed by atoms with Crippen LogP contribution in [0.3, 0.4) is 0 Å². The van der Waals surface area contributed by atoms with Crippen molar-refractivity contribution in [3.05, 3.63) is 24.6 Å². The van der Waals surface area contributed by atoms with E-state index in [1.54, 1.807) is 0 Å². The minimum atomic E-state index is -1.16. The molecule has 0 amide bonds. The Balaban J connectivity index is 0. The Kier molecular flexibility index (Phi) is 6.10. The van der Waals surface area contributed by atoms with Crippen molar-refractivity contribution in [3.63, 3.8) is 0 Å². The first-order valence-electron chi connectivity index (χ1n) is 2.64. The molecule has 12 heavy (non-hydrogen) atoms. The van der Waals surface area contributed by atoms with Crippen LogP contribution in [0, 0.1) is 0 Å². The van der Waals surface area contributed by atoms with E-state index in [9.17, 15) is 9.59 Å². The van der Waals surface area contributed by atoms with E-state index in [4.69, 9.17) is 10.2 Å². The summed E-state index contributed by atoms with van der Waals surface area (Å²) in [5.74, 6) is -2.31. The predicted octanol–water partition coefficient (Wildman–Crippen LogP) is -0.913. The van der Waals surface area contributed by atoms with E-state index >= 15 is 0 Å². The molecule has 0 atom stereocenters. The maximum absolute atomic E-state index is 9.47. The van der Waals surface area contributed by atoms with Gasteiger partial charge in [0.2, 0.25) is 0 Å². The summed E-state index contributed by atoms with van der Waals surface area (Å²) in [7, 11) is 0. The fourth-order valence-corrected chi connectivity index (χ4v) is 0. The van der Waals surface area contributed by atoms with Crippen LogP contribution >= 0.6 is 0 Å². The first-order valence-corrected chi connectivity index (χ1v) is 2.64. The van der Waals surface area contributed by atoms with Gasteiger partial charge in [0.1, 0.15) is 11.4 Å². The smallest absolute Gasteiger partial charge is 0.351 e. The molecule has 6 heteroatoms. The summed E-state index contributed by atoms with van der Waals surface area (Å²) in [6.45, 7) is 5.87. The first-order chi connectivity index (χ1) is 5.29. The van der Waals surface area contributed by atoms with Crippen molar-refractivity contribution in [1.29, 1.82) is 0 Å². The number of rotatable bonds is 2. The summed E-state index contributed by atoms with van der Waals surface area (Å²) >= 11 is 0. The molecular weight excluding hydrogens is 164 g/mol. The van der Waals surface area contributed by atoms with Crippen LogP contribution in [-0.2, 0) is 9.59 Å². The fraction of sp³-hybridized carbons (Fsp3) is 0. The van der Waals surface area contributed by atoms with Crippen LogP contribution in [0.2, 0.25) is 0 Å². The average molecular weight is 174 g/mol. The molecule has 0 saturated heterocycles. The van der Waals surface area contributed by atoms with Crippen molar-refractivity contribution < 1.29 is 19.8 Å². The highest BCUT2D eigenvalue weighted by Crippen LogP contribution is 1.70. The topological polar surface area (TPSA) is 127 Å². The van der Waals surface area contributed by atoms with Crippen LogP contribution in [0.25, 0.3) is 0 Å². The van der Waals surface area contributed by atoms with E-state index in [0.29, 0.717) is 0 Å². The maximum Gasteiger partial charge on any atom is 0.351 e. The van der Waals surface area contributed by atoms with Gasteiger partial charge >= 0.3 is 11.9 Å². The Hall–Kier alpha value is -1.98. The zero-order valence-electron chi connectivity index (χ0n) is 6.28. The standard InChI is InChI=1S/2C3H5NO2/c2*1-2(4)3(5)6/h2*1,4H2,(H,5,6). The Morgan fingerprint density at radius 2 is 1.00 bits per heavy atom. The van der Waals surface area contributed by atoms with E-state index in [-0.39, 0.29) is 11.4 Å². The number of carboxylic acids is 2. The van der Waals surface area contributed by atoms with Crippen LogP contribution in [0.15, 0.2) is 24.6 Å². The average Bonchev–Trinajstić information content (AvgIpc) is 1.88. The third kappa shape index (κ3) is 10.9. The van der Waals surface area contributed by atoms with Gasteiger partial charge in [0, 0.05) is 0 Å². The largest absolute Gasteiger partial charge is 0.477 e. The van der Waals surface area contributed by atoms with E-state index in [0.717, 1.165) is 0 Å². The monoisotopic (exact) mass is 174 g/mol. The van der Waals surface area contributed by atoms with Crippen molar-refractivity contribution in [2.75, 3.05) is 0 Å². The Morgan fingerprint density at radius 3 is 1.00 bits per heavy atom. The molecular formula is C6H10N2O4. The van der Waals surface area contributed by atoms with Crippen molar-refractivity contribution in [2.45, 2.75) is 0 Å². The van der Waals surface area contributed by atoms with Crippen molar-refractivity contribution in [2.24, 2.45) is 11.5 Å². The number of hydrogen-bond acceptors (Lipinski definition) is 4. The molecule has 0 aliphatic carbocycles. The SMILES string of the molecule is C=C(N)C(=O)O.C=C(N)C(=O)O. The van der Waals surface area contributed by atoms with Crippen LogP contribution in [0.5, 0.6) is 0 Å². The van der Waals surface area contributed by atoms with E-state index < -0.39 is 11.9 Å². The lowest BCUT2D eigenvalue weighted by molar-refractivity contribution is -0.133. The fourth-order valence-electron chi connectivity index (χ4n) is 0. The zero-order valence-corrected chi connectivity index (χ0v) is 6.28. The van der Waals surface area contributed by atoms with E-state index in [1.807, 2.05) is 0 Å². The molecule has 6 N–H and O–H groups in total. The van der Waals surface area contributed by atoms with Gasteiger partial charge in [-0.2, -0.15) is 0 Å². The van der Waals surface area contributed by atoms with Gasteiger partial charge in [0.05, 0.1) is 0 Å². The minimum absolute atomic E-state index is 0.324. The van der Waals surface area contributed by atoms with Gasteiger partial charge in [-0.05, 0) is 0 Å². The van der Waals surface area contributed by atoms with Crippen LogP contribution < -0.4 is 11.5 Å². The summed E-state index contributed by atoms with van der Waals surface area (Å²) in [5.41, 5.74) is 8.63. The maximum atomic E-state index is 9.47. The molecule has 0 aromatic carbocycles. The molecule has 0 heterocycles. The van der Waals surface area contributed by atoms with Crippen molar-refractivity contribution >= 4 is 11.9 Å². The highest BCUT2D eigenvalue weighted by molar-refractivity contribution is 5.84. The third-order valence-electron chi connectivity index (χ3n) is 0.549. The third-order valence-corrected chi connectivity index (χ3v) is 0.549. The molecule has 0 fully saturated rings. The Morgan fingerprint density at radius 1 is 0.917 bits per heavy atom. The normalized spacial score (nSPS) is 7.33. The zero-order chi connectivity index (χ0) is 10.3.